The van der Waals surface area contributed by atoms with E-state index in [0.29, 0.717) is 11.3 Å². The number of halogens is 1. The van der Waals surface area contributed by atoms with E-state index in [9.17, 15) is 4.39 Å². The number of hydrogen-bond acceptors (Lipinski definition) is 2. The highest BCUT2D eigenvalue weighted by Gasteiger charge is 2.13. The van der Waals surface area contributed by atoms with E-state index >= 15 is 0 Å². The van der Waals surface area contributed by atoms with Crippen molar-refractivity contribution in [2.45, 2.75) is 6.92 Å². The number of para-hydroxylation sites is 1. The second-order valence-corrected chi connectivity index (χ2v) is 4.84. The lowest BCUT2D eigenvalue weighted by Crippen LogP contribution is -1.93. The maximum Gasteiger partial charge on any atom is 0.153 e. The zero-order chi connectivity index (χ0) is 11.8. The molecule has 2 aromatic heterocycles. The number of rotatable bonds is 1. The molecule has 0 atom stereocenters. The smallest absolute Gasteiger partial charge is 0.153 e. The van der Waals surface area contributed by atoms with Crippen molar-refractivity contribution in [2.75, 3.05) is 0 Å². The van der Waals surface area contributed by atoms with Crippen LogP contribution in [0.2, 0.25) is 0 Å². The first-order valence-corrected chi connectivity index (χ1v) is 6.24. The highest BCUT2D eigenvalue weighted by molar-refractivity contribution is 7.13. The summed E-state index contributed by atoms with van der Waals surface area (Å²) in [4.78, 5) is 5.29. The molecular formula is C14H10FNS. The summed E-state index contributed by atoms with van der Waals surface area (Å²) < 4.78 is 14.2. The summed E-state index contributed by atoms with van der Waals surface area (Å²) in [5, 5.41) is 2.81. The Morgan fingerprint density at radius 1 is 1.12 bits per heavy atom. The highest BCUT2D eigenvalue weighted by atomic mass is 32.1. The minimum absolute atomic E-state index is 0.217. The molecule has 0 amide bonds. The molecular weight excluding hydrogens is 233 g/mol. The summed E-state index contributed by atoms with van der Waals surface area (Å²) in [5.74, 6) is -0.217. The lowest BCUT2D eigenvalue weighted by atomic mass is 10.1. The molecule has 84 valence electrons. The van der Waals surface area contributed by atoms with Gasteiger partial charge in [-0.25, -0.2) is 9.37 Å². The maximum atomic E-state index is 14.2. The second-order valence-electron chi connectivity index (χ2n) is 3.89. The average Bonchev–Trinajstić information content (AvgIpc) is 2.87. The molecule has 0 N–H and O–H groups in total. The largest absolute Gasteiger partial charge is 0.244 e. The van der Waals surface area contributed by atoms with Gasteiger partial charge in [0.1, 0.15) is 5.69 Å². The number of nitrogens with zero attached hydrogens (tertiary/aromatic N) is 1. The fourth-order valence-electron chi connectivity index (χ4n) is 1.93. The fraction of sp³-hybridized carbons (Fsp3) is 0.0714. The van der Waals surface area contributed by atoms with Gasteiger partial charge >= 0.3 is 0 Å². The third-order valence-electron chi connectivity index (χ3n) is 2.83. The molecule has 0 radical (unpaired) electrons. The summed E-state index contributed by atoms with van der Waals surface area (Å²) in [6, 6.07) is 11.4. The Kier molecular flexibility index (Phi) is 2.41. The molecule has 1 nitrogen and oxygen atoms in total. The van der Waals surface area contributed by atoms with Gasteiger partial charge in [0.05, 0.1) is 10.4 Å². The molecule has 0 saturated heterocycles. The van der Waals surface area contributed by atoms with E-state index in [1.807, 2.05) is 41.8 Å². The van der Waals surface area contributed by atoms with Crippen molar-refractivity contribution in [3.8, 4) is 10.6 Å². The van der Waals surface area contributed by atoms with Crippen LogP contribution >= 0.6 is 11.3 Å². The van der Waals surface area contributed by atoms with Crippen LogP contribution in [0, 0.1) is 12.7 Å². The van der Waals surface area contributed by atoms with Gasteiger partial charge in [-0.3, -0.25) is 0 Å². The predicted octanol–water partition coefficient (Wildman–Crippen LogP) is 4.41. The van der Waals surface area contributed by atoms with Crippen molar-refractivity contribution in [1.82, 2.24) is 4.98 Å². The van der Waals surface area contributed by atoms with Gasteiger partial charge in [0, 0.05) is 5.39 Å². The Labute approximate surface area is 103 Å². The van der Waals surface area contributed by atoms with E-state index in [1.54, 1.807) is 6.92 Å². The van der Waals surface area contributed by atoms with Crippen LogP contribution in [0.1, 0.15) is 5.56 Å². The van der Waals surface area contributed by atoms with Crippen LogP contribution in [0.4, 0.5) is 4.39 Å². The van der Waals surface area contributed by atoms with E-state index in [0.717, 1.165) is 15.8 Å². The topological polar surface area (TPSA) is 12.9 Å². The summed E-state index contributed by atoms with van der Waals surface area (Å²) >= 11 is 1.50. The minimum Gasteiger partial charge on any atom is -0.244 e. The van der Waals surface area contributed by atoms with Crippen molar-refractivity contribution in [3.05, 3.63) is 53.2 Å². The Morgan fingerprint density at radius 2 is 1.94 bits per heavy atom. The molecule has 0 spiro atoms. The number of hydrogen-bond donors (Lipinski definition) is 0. The predicted molar refractivity (Wildman–Crippen MR) is 69.8 cm³/mol. The molecule has 3 heteroatoms. The minimum atomic E-state index is -0.217. The molecule has 0 aliphatic heterocycles. The molecule has 3 aromatic rings. The zero-order valence-corrected chi connectivity index (χ0v) is 10.1. The third-order valence-corrected chi connectivity index (χ3v) is 3.71. The van der Waals surface area contributed by atoms with Crippen molar-refractivity contribution in [2.24, 2.45) is 0 Å². The van der Waals surface area contributed by atoms with Crippen LogP contribution in [-0.2, 0) is 0 Å². The van der Waals surface area contributed by atoms with Crippen LogP contribution in [-0.4, -0.2) is 4.98 Å². The molecule has 17 heavy (non-hydrogen) atoms. The molecule has 1 aromatic carbocycles. The Hall–Kier alpha value is -1.74. The molecule has 2 heterocycles. The summed E-state index contributed by atoms with van der Waals surface area (Å²) in [6.07, 6.45) is 0. The number of aromatic nitrogens is 1. The number of aryl methyl sites for hydroxylation is 1. The van der Waals surface area contributed by atoms with Crippen molar-refractivity contribution >= 4 is 22.2 Å². The van der Waals surface area contributed by atoms with Crippen molar-refractivity contribution < 1.29 is 4.39 Å². The van der Waals surface area contributed by atoms with Gasteiger partial charge in [-0.15, -0.1) is 11.3 Å². The lowest BCUT2D eigenvalue weighted by Gasteiger charge is -2.07. The van der Waals surface area contributed by atoms with E-state index in [4.69, 9.17) is 0 Å². The number of benzene rings is 1. The van der Waals surface area contributed by atoms with E-state index in [1.165, 1.54) is 11.3 Å². The molecule has 0 bridgehead atoms. The first-order valence-electron chi connectivity index (χ1n) is 5.36. The van der Waals surface area contributed by atoms with Crippen LogP contribution in [0.5, 0.6) is 0 Å². The zero-order valence-electron chi connectivity index (χ0n) is 9.27. The van der Waals surface area contributed by atoms with E-state index < -0.39 is 0 Å². The highest BCUT2D eigenvalue weighted by Crippen LogP contribution is 2.30. The summed E-state index contributed by atoms with van der Waals surface area (Å²) in [7, 11) is 0. The van der Waals surface area contributed by atoms with Crippen molar-refractivity contribution in [1.29, 1.82) is 0 Å². The van der Waals surface area contributed by atoms with Gasteiger partial charge in [-0.05, 0) is 30.0 Å². The standard InChI is InChI=1S/C14H10FNS/c1-9-10-5-2-3-6-11(10)16-14(13(9)15)12-7-4-8-17-12/h2-8H,1H3. The maximum absolute atomic E-state index is 14.2. The van der Waals surface area contributed by atoms with Gasteiger partial charge in [0.15, 0.2) is 5.82 Å². The van der Waals surface area contributed by atoms with Crippen LogP contribution in [0.25, 0.3) is 21.5 Å². The monoisotopic (exact) mass is 243 g/mol. The Bertz CT molecular complexity index is 674. The fourth-order valence-corrected chi connectivity index (χ4v) is 2.64. The Morgan fingerprint density at radius 3 is 2.71 bits per heavy atom. The molecule has 0 saturated carbocycles. The summed E-state index contributed by atoms with van der Waals surface area (Å²) in [6.45, 7) is 1.80. The van der Waals surface area contributed by atoms with Gasteiger partial charge in [-0.2, -0.15) is 0 Å². The average molecular weight is 243 g/mol. The summed E-state index contributed by atoms with van der Waals surface area (Å²) in [5.41, 5.74) is 1.96. The lowest BCUT2D eigenvalue weighted by molar-refractivity contribution is 0.620. The number of thiophene rings is 1. The van der Waals surface area contributed by atoms with Gasteiger partial charge < -0.3 is 0 Å². The second kappa shape index (κ2) is 3.93. The molecule has 3 rings (SSSR count). The molecule has 0 aliphatic rings. The van der Waals surface area contributed by atoms with E-state index in [2.05, 4.69) is 4.98 Å². The van der Waals surface area contributed by atoms with Gasteiger partial charge in [0.2, 0.25) is 0 Å². The van der Waals surface area contributed by atoms with Gasteiger partial charge in [-0.1, -0.05) is 24.3 Å². The van der Waals surface area contributed by atoms with Crippen LogP contribution < -0.4 is 0 Å². The molecule has 0 aliphatic carbocycles. The SMILES string of the molecule is Cc1c(F)c(-c2cccs2)nc2ccccc12. The molecule has 0 fully saturated rings. The van der Waals surface area contributed by atoms with Crippen LogP contribution in [0.3, 0.4) is 0 Å². The van der Waals surface area contributed by atoms with Crippen molar-refractivity contribution in [3.63, 3.8) is 0 Å². The Balaban J connectivity index is 2.37. The third kappa shape index (κ3) is 1.63. The molecule has 0 unspecified atom stereocenters. The number of pyridine rings is 1. The first kappa shape index (κ1) is 10.4. The van der Waals surface area contributed by atoms with E-state index in [-0.39, 0.29) is 5.82 Å². The quantitative estimate of drug-likeness (QED) is 0.617. The number of fused-ring (bicyclic) bond motifs is 1. The first-order chi connectivity index (χ1) is 8.27. The normalized spacial score (nSPS) is 10.9. The van der Waals surface area contributed by atoms with Gasteiger partial charge in [0.25, 0.3) is 0 Å². The van der Waals surface area contributed by atoms with Crippen LogP contribution in [0.15, 0.2) is 41.8 Å².